The van der Waals surface area contributed by atoms with Crippen molar-refractivity contribution in [2.24, 2.45) is 7.05 Å². The van der Waals surface area contributed by atoms with Gasteiger partial charge in [0.2, 0.25) is 11.8 Å². The summed E-state index contributed by atoms with van der Waals surface area (Å²) in [6.07, 6.45) is 5.59. The van der Waals surface area contributed by atoms with Crippen molar-refractivity contribution in [3.05, 3.63) is 29.9 Å². The molecule has 0 saturated carbocycles. The Kier molecular flexibility index (Phi) is 6.11. The van der Waals surface area contributed by atoms with E-state index in [-0.39, 0.29) is 23.8 Å². The van der Waals surface area contributed by atoms with Gasteiger partial charge in [-0.25, -0.2) is 4.98 Å². The molecule has 0 aliphatic carbocycles. The van der Waals surface area contributed by atoms with Gasteiger partial charge in [-0.3, -0.25) is 9.59 Å². The van der Waals surface area contributed by atoms with E-state index in [1.807, 2.05) is 25.8 Å². The molecule has 0 aromatic carbocycles. The van der Waals surface area contributed by atoms with Gasteiger partial charge >= 0.3 is 0 Å². The number of piperidine rings is 1. The zero-order chi connectivity index (χ0) is 20.3. The number of carbonyl (C=O) groups is 2. The summed E-state index contributed by atoms with van der Waals surface area (Å²) in [5, 5.41) is 4.00. The van der Waals surface area contributed by atoms with E-state index in [0.717, 1.165) is 12.8 Å². The van der Waals surface area contributed by atoms with E-state index in [2.05, 4.69) is 15.1 Å². The second-order valence-corrected chi connectivity index (χ2v) is 7.64. The summed E-state index contributed by atoms with van der Waals surface area (Å²) in [4.78, 5) is 37.1. The van der Waals surface area contributed by atoms with Crippen LogP contribution >= 0.6 is 0 Å². The van der Waals surface area contributed by atoms with Crippen molar-refractivity contribution in [1.29, 1.82) is 0 Å². The molecule has 2 aromatic heterocycles. The van der Waals surface area contributed by atoms with E-state index in [0.29, 0.717) is 43.5 Å². The smallest absolute Gasteiger partial charge is 0.274 e. The molecule has 1 unspecified atom stereocenters. The molecule has 1 aliphatic heterocycles. The minimum atomic E-state index is -0.0893. The van der Waals surface area contributed by atoms with Crippen LogP contribution in [0.2, 0.25) is 0 Å². The SMILES string of the molecule is CC(=O)N(CCc1noc(C(C)C)n1)C1CCCN(C(=O)c2cn(C)cn2)C1. The molecule has 2 amide bonds. The second-order valence-electron chi connectivity index (χ2n) is 7.64. The maximum Gasteiger partial charge on any atom is 0.274 e. The molecular formula is C19H28N6O3. The van der Waals surface area contributed by atoms with Crippen molar-refractivity contribution in [3.63, 3.8) is 0 Å². The van der Waals surface area contributed by atoms with Gasteiger partial charge in [-0.2, -0.15) is 4.98 Å². The van der Waals surface area contributed by atoms with Gasteiger partial charge in [0.15, 0.2) is 5.82 Å². The number of aryl methyl sites for hydroxylation is 1. The van der Waals surface area contributed by atoms with Crippen LogP contribution in [-0.4, -0.2) is 67.0 Å². The molecular weight excluding hydrogens is 360 g/mol. The maximum absolute atomic E-state index is 12.7. The van der Waals surface area contributed by atoms with Crippen LogP contribution in [-0.2, 0) is 18.3 Å². The molecule has 1 saturated heterocycles. The average molecular weight is 388 g/mol. The van der Waals surface area contributed by atoms with E-state index in [4.69, 9.17) is 4.52 Å². The van der Waals surface area contributed by atoms with Crippen LogP contribution in [0, 0.1) is 0 Å². The first-order chi connectivity index (χ1) is 13.3. The van der Waals surface area contributed by atoms with Crippen LogP contribution in [0.15, 0.2) is 17.0 Å². The molecule has 28 heavy (non-hydrogen) atoms. The van der Waals surface area contributed by atoms with Crippen molar-refractivity contribution in [2.45, 2.75) is 52.0 Å². The normalized spacial score (nSPS) is 17.2. The Morgan fingerprint density at radius 1 is 1.39 bits per heavy atom. The van der Waals surface area contributed by atoms with Crippen molar-refractivity contribution >= 4 is 11.8 Å². The van der Waals surface area contributed by atoms with Gasteiger partial charge in [-0.15, -0.1) is 0 Å². The third kappa shape index (κ3) is 4.58. The Bertz CT molecular complexity index is 827. The first-order valence-corrected chi connectivity index (χ1v) is 9.72. The molecule has 9 nitrogen and oxygen atoms in total. The lowest BCUT2D eigenvalue weighted by Crippen LogP contribution is -2.51. The molecule has 2 aromatic rings. The van der Waals surface area contributed by atoms with Crippen molar-refractivity contribution < 1.29 is 14.1 Å². The van der Waals surface area contributed by atoms with E-state index in [1.165, 1.54) is 0 Å². The number of hydrogen-bond acceptors (Lipinski definition) is 6. The molecule has 0 spiro atoms. The Labute approximate surface area is 164 Å². The fraction of sp³-hybridized carbons (Fsp3) is 0.632. The quantitative estimate of drug-likeness (QED) is 0.746. The van der Waals surface area contributed by atoms with E-state index < -0.39 is 0 Å². The number of amides is 2. The minimum absolute atomic E-state index is 0.00952. The van der Waals surface area contributed by atoms with Crippen LogP contribution in [0.3, 0.4) is 0 Å². The minimum Gasteiger partial charge on any atom is -0.340 e. The second kappa shape index (κ2) is 8.53. The fourth-order valence-corrected chi connectivity index (χ4v) is 3.50. The third-order valence-corrected chi connectivity index (χ3v) is 5.01. The topological polar surface area (TPSA) is 97.4 Å². The zero-order valence-corrected chi connectivity index (χ0v) is 17.0. The largest absolute Gasteiger partial charge is 0.340 e. The number of imidazole rings is 1. The summed E-state index contributed by atoms with van der Waals surface area (Å²) in [6, 6.07) is -0.0182. The third-order valence-electron chi connectivity index (χ3n) is 5.01. The molecule has 1 atom stereocenters. The van der Waals surface area contributed by atoms with Crippen LogP contribution < -0.4 is 0 Å². The summed E-state index contributed by atoms with van der Waals surface area (Å²) in [7, 11) is 1.84. The van der Waals surface area contributed by atoms with Gasteiger partial charge in [0.25, 0.3) is 5.91 Å². The summed E-state index contributed by atoms with van der Waals surface area (Å²) in [5.41, 5.74) is 0.436. The Morgan fingerprint density at radius 3 is 2.79 bits per heavy atom. The first kappa shape index (κ1) is 20.0. The lowest BCUT2D eigenvalue weighted by Gasteiger charge is -2.38. The summed E-state index contributed by atoms with van der Waals surface area (Å²) in [5.74, 6) is 1.29. The predicted molar refractivity (Wildman–Crippen MR) is 102 cm³/mol. The van der Waals surface area contributed by atoms with Gasteiger partial charge in [0, 0.05) is 58.2 Å². The Morgan fingerprint density at radius 2 is 2.18 bits per heavy atom. The van der Waals surface area contributed by atoms with Gasteiger partial charge in [-0.05, 0) is 12.8 Å². The lowest BCUT2D eigenvalue weighted by atomic mass is 10.0. The monoisotopic (exact) mass is 388 g/mol. The number of nitrogens with zero attached hydrogens (tertiary/aromatic N) is 6. The Hall–Kier alpha value is -2.71. The highest BCUT2D eigenvalue weighted by atomic mass is 16.5. The van der Waals surface area contributed by atoms with Crippen molar-refractivity contribution in [3.8, 4) is 0 Å². The number of rotatable bonds is 6. The first-order valence-electron chi connectivity index (χ1n) is 9.72. The number of hydrogen-bond donors (Lipinski definition) is 0. The van der Waals surface area contributed by atoms with Gasteiger partial charge in [0.1, 0.15) is 5.69 Å². The highest BCUT2D eigenvalue weighted by Gasteiger charge is 2.30. The van der Waals surface area contributed by atoms with Crippen LogP contribution in [0.5, 0.6) is 0 Å². The molecule has 9 heteroatoms. The van der Waals surface area contributed by atoms with E-state index in [1.54, 1.807) is 28.9 Å². The molecule has 0 radical (unpaired) electrons. The molecule has 3 heterocycles. The molecule has 0 bridgehead atoms. The molecule has 0 N–H and O–H groups in total. The molecule has 1 aliphatic rings. The van der Waals surface area contributed by atoms with Crippen molar-refractivity contribution in [2.75, 3.05) is 19.6 Å². The molecule has 3 rings (SSSR count). The standard InChI is InChI=1S/C19H28N6O3/c1-13(2)18-21-17(22-28-18)7-9-25(14(3)26)15-6-5-8-24(10-15)19(27)16-11-23(4)12-20-16/h11-13,15H,5-10H2,1-4H3. The Balaban J connectivity index is 1.64. The summed E-state index contributed by atoms with van der Waals surface area (Å²) < 4.78 is 6.99. The van der Waals surface area contributed by atoms with Crippen molar-refractivity contribution in [1.82, 2.24) is 29.5 Å². The van der Waals surface area contributed by atoms with E-state index >= 15 is 0 Å². The number of likely N-dealkylation sites (tertiary alicyclic amines) is 1. The zero-order valence-electron chi connectivity index (χ0n) is 17.0. The maximum atomic E-state index is 12.7. The molecule has 1 fully saturated rings. The van der Waals surface area contributed by atoms with Crippen LogP contribution in [0.25, 0.3) is 0 Å². The summed E-state index contributed by atoms with van der Waals surface area (Å²) in [6.45, 7) is 7.25. The fourth-order valence-electron chi connectivity index (χ4n) is 3.50. The van der Waals surface area contributed by atoms with E-state index in [9.17, 15) is 9.59 Å². The van der Waals surface area contributed by atoms with Gasteiger partial charge < -0.3 is 18.9 Å². The van der Waals surface area contributed by atoms with Gasteiger partial charge in [-0.1, -0.05) is 19.0 Å². The molecule has 152 valence electrons. The van der Waals surface area contributed by atoms with Crippen LogP contribution in [0.1, 0.15) is 61.7 Å². The average Bonchev–Trinajstić information content (AvgIpc) is 3.30. The predicted octanol–water partition coefficient (Wildman–Crippen LogP) is 1.62. The van der Waals surface area contributed by atoms with Crippen LogP contribution in [0.4, 0.5) is 0 Å². The van der Waals surface area contributed by atoms with Gasteiger partial charge in [0.05, 0.1) is 6.33 Å². The highest BCUT2D eigenvalue weighted by Crippen LogP contribution is 2.19. The lowest BCUT2D eigenvalue weighted by molar-refractivity contribution is -0.132. The highest BCUT2D eigenvalue weighted by molar-refractivity contribution is 5.92. The number of carbonyl (C=O) groups excluding carboxylic acids is 2. The number of aromatic nitrogens is 4. The summed E-state index contributed by atoms with van der Waals surface area (Å²) >= 11 is 0.